The highest BCUT2D eigenvalue weighted by atomic mass is 35.5. The van der Waals surface area contributed by atoms with E-state index in [1.165, 1.54) is 0 Å². The van der Waals surface area contributed by atoms with Crippen LogP contribution in [0.4, 0.5) is 4.79 Å². The number of hydrogen-bond donors (Lipinski definition) is 3. The van der Waals surface area contributed by atoms with Crippen LogP contribution >= 0.6 is 23.4 Å². The van der Waals surface area contributed by atoms with Crippen molar-refractivity contribution in [2.75, 3.05) is 12.4 Å². The summed E-state index contributed by atoms with van der Waals surface area (Å²) in [6.07, 6.45) is -1.39. The van der Waals surface area contributed by atoms with Crippen LogP contribution in [0.3, 0.4) is 0 Å². The summed E-state index contributed by atoms with van der Waals surface area (Å²) >= 11 is 7.54. The van der Waals surface area contributed by atoms with Gasteiger partial charge in [0.05, 0.1) is 12.7 Å². The number of primary amides is 1. The number of hydrogen-bond acceptors (Lipinski definition) is 4. The summed E-state index contributed by atoms with van der Waals surface area (Å²) in [5, 5.41) is 17.0. The number of rotatable bonds is 2. The maximum atomic E-state index is 9.03. The Labute approximate surface area is 120 Å². The van der Waals surface area contributed by atoms with Crippen LogP contribution in [0.15, 0.2) is 24.3 Å². The summed E-state index contributed by atoms with van der Waals surface area (Å²) in [6.45, 7) is 2.10. The van der Waals surface area contributed by atoms with Crippen molar-refractivity contribution < 1.29 is 19.7 Å². The van der Waals surface area contributed by atoms with E-state index in [0.717, 1.165) is 16.3 Å². The van der Waals surface area contributed by atoms with Gasteiger partial charge in [0.25, 0.3) is 0 Å². The third kappa shape index (κ3) is 4.91. The number of halogens is 1. The van der Waals surface area contributed by atoms with Crippen LogP contribution in [0.5, 0.6) is 0 Å². The van der Waals surface area contributed by atoms with Crippen molar-refractivity contribution in [1.29, 1.82) is 0 Å². The molecule has 2 atom stereocenters. The molecular formula is C12H16ClNO4S. The van der Waals surface area contributed by atoms with Gasteiger partial charge in [0.1, 0.15) is 4.93 Å². The third-order valence-electron chi connectivity index (χ3n) is 2.51. The van der Waals surface area contributed by atoms with Crippen molar-refractivity contribution in [3.05, 3.63) is 34.9 Å². The average molecular weight is 306 g/mol. The molecule has 0 radical (unpaired) electrons. The lowest BCUT2D eigenvalue weighted by Gasteiger charge is -2.23. The molecular weight excluding hydrogens is 290 g/mol. The van der Waals surface area contributed by atoms with Crippen molar-refractivity contribution in [3.8, 4) is 0 Å². The van der Waals surface area contributed by atoms with Crippen molar-refractivity contribution >= 4 is 29.5 Å². The second-order valence-electron chi connectivity index (χ2n) is 4.02. The lowest BCUT2D eigenvalue weighted by atomic mass is 10.1. The lowest BCUT2D eigenvalue weighted by molar-refractivity contribution is -0.0249. The molecule has 1 amide bonds. The van der Waals surface area contributed by atoms with E-state index in [1.807, 2.05) is 31.2 Å². The molecule has 1 fully saturated rings. The number of aliphatic hydroxyl groups excluding tert-OH is 1. The van der Waals surface area contributed by atoms with Gasteiger partial charge in [0, 0.05) is 10.8 Å². The molecule has 0 saturated carbocycles. The van der Waals surface area contributed by atoms with E-state index in [1.54, 1.807) is 11.8 Å². The molecule has 4 N–H and O–H groups in total. The number of carbonyl (C=O) groups is 1. The van der Waals surface area contributed by atoms with Crippen molar-refractivity contribution in [3.63, 3.8) is 0 Å². The van der Waals surface area contributed by atoms with Crippen LogP contribution in [0.25, 0.3) is 0 Å². The van der Waals surface area contributed by atoms with E-state index in [0.29, 0.717) is 0 Å². The zero-order valence-electron chi connectivity index (χ0n) is 10.4. The number of benzene rings is 1. The van der Waals surface area contributed by atoms with Gasteiger partial charge in [-0.15, -0.1) is 11.8 Å². The molecule has 106 valence electrons. The van der Waals surface area contributed by atoms with Gasteiger partial charge >= 0.3 is 6.09 Å². The predicted molar refractivity (Wildman–Crippen MR) is 75.4 cm³/mol. The zero-order chi connectivity index (χ0) is 14.5. The molecule has 1 saturated heterocycles. The minimum Gasteiger partial charge on any atom is -0.465 e. The number of aliphatic hydroxyl groups is 1. The van der Waals surface area contributed by atoms with Crippen LogP contribution in [-0.2, 0) is 9.67 Å². The predicted octanol–water partition coefficient (Wildman–Crippen LogP) is 2.26. The largest absolute Gasteiger partial charge is 0.465 e. The van der Waals surface area contributed by atoms with E-state index < -0.39 is 6.09 Å². The second kappa shape index (κ2) is 7.00. The van der Waals surface area contributed by atoms with Crippen LogP contribution in [0.2, 0.25) is 5.02 Å². The molecule has 19 heavy (non-hydrogen) atoms. The van der Waals surface area contributed by atoms with E-state index in [2.05, 4.69) is 5.73 Å². The SMILES string of the molecule is CC1(c2ccc(Cl)cc2)OC(CO)CS1.NC(=O)O. The highest BCUT2D eigenvalue weighted by Crippen LogP contribution is 2.44. The van der Waals surface area contributed by atoms with Crippen LogP contribution < -0.4 is 5.73 Å². The molecule has 1 aliphatic rings. The van der Waals surface area contributed by atoms with E-state index in [9.17, 15) is 0 Å². The number of nitrogens with two attached hydrogens (primary N) is 1. The van der Waals surface area contributed by atoms with Crippen molar-refractivity contribution in [2.45, 2.75) is 18.0 Å². The molecule has 0 aromatic heterocycles. The Morgan fingerprint density at radius 2 is 2.11 bits per heavy atom. The Balaban J connectivity index is 0.000000399. The van der Waals surface area contributed by atoms with Crippen molar-refractivity contribution in [1.82, 2.24) is 0 Å². The summed E-state index contributed by atoms with van der Waals surface area (Å²) in [5.74, 6) is 0.829. The zero-order valence-corrected chi connectivity index (χ0v) is 11.9. The smallest absolute Gasteiger partial charge is 0.402 e. The van der Waals surface area contributed by atoms with Gasteiger partial charge in [0.2, 0.25) is 0 Å². The van der Waals surface area contributed by atoms with Gasteiger partial charge in [-0.1, -0.05) is 23.7 Å². The quantitative estimate of drug-likeness (QED) is 0.779. The maximum absolute atomic E-state index is 9.03. The molecule has 0 spiro atoms. The second-order valence-corrected chi connectivity index (χ2v) is 5.86. The summed E-state index contributed by atoms with van der Waals surface area (Å²) in [5.41, 5.74) is 5.12. The van der Waals surface area contributed by atoms with E-state index >= 15 is 0 Å². The topological polar surface area (TPSA) is 92.8 Å². The first-order chi connectivity index (χ1) is 8.87. The van der Waals surface area contributed by atoms with Gasteiger partial charge in [0.15, 0.2) is 0 Å². The highest BCUT2D eigenvalue weighted by Gasteiger charge is 2.37. The monoisotopic (exact) mass is 305 g/mol. The Bertz CT molecular complexity index is 424. The Morgan fingerprint density at radius 1 is 1.58 bits per heavy atom. The Kier molecular flexibility index (Phi) is 5.93. The van der Waals surface area contributed by atoms with Crippen LogP contribution in [0.1, 0.15) is 12.5 Å². The number of ether oxygens (including phenoxy) is 1. The van der Waals surface area contributed by atoms with Crippen LogP contribution in [-0.4, -0.2) is 34.8 Å². The van der Waals surface area contributed by atoms with Gasteiger partial charge < -0.3 is 20.7 Å². The first kappa shape index (κ1) is 16.1. The molecule has 0 aliphatic carbocycles. The minimum absolute atomic E-state index is 0.0596. The molecule has 1 aliphatic heterocycles. The molecule has 0 bridgehead atoms. The van der Waals surface area contributed by atoms with Gasteiger partial charge in [-0.25, -0.2) is 4.79 Å². The fourth-order valence-electron chi connectivity index (χ4n) is 1.63. The lowest BCUT2D eigenvalue weighted by Crippen LogP contribution is -2.22. The summed E-state index contributed by atoms with van der Waals surface area (Å²) < 4.78 is 5.79. The minimum atomic E-state index is -1.33. The fraction of sp³-hybridized carbons (Fsp3) is 0.417. The molecule has 5 nitrogen and oxygen atoms in total. The van der Waals surface area contributed by atoms with Gasteiger partial charge in [-0.2, -0.15) is 0 Å². The first-order valence-electron chi connectivity index (χ1n) is 5.54. The molecule has 2 unspecified atom stereocenters. The molecule has 2 rings (SSSR count). The molecule has 1 aromatic carbocycles. The highest BCUT2D eigenvalue weighted by molar-refractivity contribution is 8.00. The third-order valence-corrected chi connectivity index (χ3v) is 4.18. The first-order valence-corrected chi connectivity index (χ1v) is 6.91. The molecule has 1 heterocycles. The number of thioether (sulfide) groups is 1. The molecule has 7 heteroatoms. The summed E-state index contributed by atoms with van der Waals surface area (Å²) in [6, 6.07) is 7.65. The number of amides is 1. The average Bonchev–Trinajstić information content (AvgIpc) is 2.72. The van der Waals surface area contributed by atoms with Crippen molar-refractivity contribution in [2.24, 2.45) is 5.73 Å². The summed E-state index contributed by atoms with van der Waals surface area (Å²) in [4.78, 5) is 8.43. The van der Waals surface area contributed by atoms with Gasteiger partial charge in [-0.05, 0) is 24.6 Å². The molecule has 1 aromatic rings. The van der Waals surface area contributed by atoms with E-state index in [-0.39, 0.29) is 17.6 Å². The maximum Gasteiger partial charge on any atom is 0.402 e. The van der Waals surface area contributed by atoms with E-state index in [4.69, 9.17) is 31.3 Å². The summed E-state index contributed by atoms with van der Waals surface area (Å²) in [7, 11) is 0. The Morgan fingerprint density at radius 3 is 2.53 bits per heavy atom. The van der Waals surface area contributed by atoms with Crippen LogP contribution in [0, 0.1) is 0 Å². The normalized spacial score (nSPS) is 25.5. The van der Waals surface area contributed by atoms with Gasteiger partial charge in [-0.3, -0.25) is 0 Å². The Hall–Kier alpha value is -0.950. The number of carboxylic acid groups (broad SMARTS) is 1. The standard InChI is InChI=1S/C11H13ClO2S.CH3NO2/c1-11(14-10(6-13)7-15-11)8-2-4-9(12)5-3-8;2-1(3)4/h2-5,10,13H,6-7H2,1H3;2H2,(H,3,4). The fourth-order valence-corrected chi connectivity index (χ4v) is 2.94.